The van der Waals surface area contributed by atoms with Gasteiger partial charge in [0.05, 0.1) is 18.4 Å². The molecule has 2 aromatic rings. The normalized spacial score (nSPS) is 21.8. The van der Waals surface area contributed by atoms with Crippen LogP contribution in [0.2, 0.25) is 0 Å². The lowest BCUT2D eigenvalue weighted by Crippen LogP contribution is -2.52. The van der Waals surface area contributed by atoms with Crippen molar-refractivity contribution in [1.82, 2.24) is 24.9 Å². The summed E-state index contributed by atoms with van der Waals surface area (Å²) < 4.78 is 34.1. The van der Waals surface area contributed by atoms with Gasteiger partial charge in [-0.15, -0.1) is 0 Å². The topological polar surface area (TPSA) is 79.7 Å². The second-order valence-corrected chi connectivity index (χ2v) is 8.81. The fourth-order valence-corrected chi connectivity index (χ4v) is 4.49. The Morgan fingerprint density at radius 3 is 2.48 bits per heavy atom. The summed E-state index contributed by atoms with van der Waals surface area (Å²) in [6.07, 6.45) is 4.45. The minimum atomic E-state index is -0.716. The van der Waals surface area contributed by atoms with Crippen LogP contribution in [0.3, 0.4) is 0 Å². The zero-order chi connectivity index (χ0) is 23.5. The van der Waals surface area contributed by atoms with Crippen molar-refractivity contribution >= 4 is 11.9 Å². The lowest BCUT2D eigenvalue weighted by Gasteiger charge is -2.39. The number of nitrogens with zero attached hydrogens (tertiary/aromatic N) is 4. The van der Waals surface area contributed by atoms with Crippen molar-refractivity contribution in [3.05, 3.63) is 47.8 Å². The molecular formula is C23H29F2N5O3. The van der Waals surface area contributed by atoms with E-state index >= 15 is 0 Å². The monoisotopic (exact) mass is 461 g/mol. The number of urea groups is 1. The number of aromatic nitrogens is 2. The Kier molecular flexibility index (Phi) is 6.92. The first-order valence-corrected chi connectivity index (χ1v) is 11.3. The van der Waals surface area contributed by atoms with Crippen molar-refractivity contribution in [2.75, 3.05) is 26.2 Å². The summed E-state index contributed by atoms with van der Waals surface area (Å²) in [6.45, 7) is 6.42. The van der Waals surface area contributed by atoms with E-state index in [1.807, 2.05) is 18.7 Å². The van der Waals surface area contributed by atoms with Gasteiger partial charge in [-0.1, -0.05) is 0 Å². The van der Waals surface area contributed by atoms with Gasteiger partial charge in [0.2, 0.25) is 5.91 Å². The maximum atomic E-state index is 13.9. The third-order valence-corrected chi connectivity index (χ3v) is 6.10. The predicted molar refractivity (Wildman–Crippen MR) is 117 cm³/mol. The van der Waals surface area contributed by atoms with E-state index in [1.54, 1.807) is 11.1 Å². The number of nitrogens with one attached hydrogen (secondary N) is 1. The molecule has 2 fully saturated rings. The minimum absolute atomic E-state index is 0.0347. The summed E-state index contributed by atoms with van der Waals surface area (Å²) in [6, 6.07) is 3.06. The molecule has 33 heavy (non-hydrogen) atoms. The molecule has 3 heterocycles. The van der Waals surface area contributed by atoms with E-state index in [-0.39, 0.29) is 42.3 Å². The molecule has 0 aliphatic carbocycles. The maximum absolute atomic E-state index is 13.9. The zero-order valence-electron chi connectivity index (χ0n) is 18.8. The second-order valence-electron chi connectivity index (χ2n) is 8.81. The number of carbonyl (C=O) groups is 2. The molecule has 8 nitrogen and oxygen atoms in total. The Balaban J connectivity index is 1.25. The first-order valence-electron chi connectivity index (χ1n) is 11.3. The molecule has 178 valence electrons. The standard InChI is InChI=1S/C23H29F2N5O3/c1-15-12-29(13-16(2)33-15)22(31)18-5-7-28(8-6-18)23(32)26-10-17-11-27-30(14-17)21-4-3-19(24)9-20(21)25/h3-4,9,11,14-16,18H,5-8,10,12-13H2,1-2H3,(H,26,32). The van der Waals surface area contributed by atoms with Gasteiger partial charge in [-0.3, -0.25) is 4.79 Å². The van der Waals surface area contributed by atoms with Crippen LogP contribution in [-0.4, -0.2) is 69.9 Å². The molecule has 1 aromatic heterocycles. The Bertz CT molecular complexity index is 996. The molecular weight excluding hydrogens is 432 g/mol. The average molecular weight is 462 g/mol. The lowest BCUT2D eigenvalue weighted by atomic mass is 9.95. The fraction of sp³-hybridized carbons (Fsp3) is 0.522. The van der Waals surface area contributed by atoms with E-state index in [0.29, 0.717) is 44.6 Å². The molecule has 0 spiro atoms. The number of hydrogen-bond donors (Lipinski definition) is 1. The van der Waals surface area contributed by atoms with E-state index in [2.05, 4.69) is 10.4 Å². The Hall–Kier alpha value is -3.01. The molecule has 2 aliphatic rings. The molecule has 2 unspecified atom stereocenters. The number of likely N-dealkylation sites (tertiary alicyclic amines) is 1. The lowest BCUT2D eigenvalue weighted by molar-refractivity contribution is -0.148. The van der Waals surface area contributed by atoms with Crippen LogP contribution in [0.25, 0.3) is 5.69 Å². The van der Waals surface area contributed by atoms with Gasteiger partial charge in [0, 0.05) is 56.5 Å². The van der Waals surface area contributed by atoms with Crippen LogP contribution < -0.4 is 5.32 Å². The summed E-state index contributed by atoms with van der Waals surface area (Å²) in [5.41, 5.74) is 0.817. The first-order chi connectivity index (χ1) is 15.8. The van der Waals surface area contributed by atoms with Gasteiger partial charge in [0.15, 0.2) is 5.82 Å². The summed E-state index contributed by atoms with van der Waals surface area (Å²) in [5.74, 6) is -1.30. The molecule has 0 bridgehead atoms. The number of piperidine rings is 1. The molecule has 1 N–H and O–H groups in total. The first kappa shape index (κ1) is 23.2. The van der Waals surface area contributed by atoms with Gasteiger partial charge < -0.3 is 19.9 Å². The summed E-state index contributed by atoms with van der Waals surface area (Å²) in [4.78, 5) is 29.1. The number of ether oxygens (including phenoxy) is 1. The molecule has 4 rings (SSSR count). The van der Waals surface area contributed by atoms with Crippen molar-refractivity contribution < 1.29 is 23.1 Å². The van der Waals surface area contributed by atoms with Gasteiger partial charge in [-0.05, 0) is 38.8 Å². The van der Waals surface area contributed by atoms with Gasteiger partial charge >= 0.3 is 6.03 Å². The minimum Gasteiger partial charge on any atom is -0.372 e. The van der Waals surface area contributed by atoms with Gasteiger partial charge in [0.25, 0.3) is 0 Å². The molecule has 0 radical (unpaired) electrons. The van der Waals surface area contributed by atoms with Crippen molar-refractivity contribution in [2.45, 2.75) is 45.4 Å². The van der Waals surface area contributed by atoms with E-state index in [9.17, 15) is 18.4 Å². The second kappa shape index (κ2) is 9.86. The van der Waals surface area contributed by atoms with Crippen LogP contribution in [0.1, 0.15) is 32.3 Å². The van der Waals surface area contributed by atoms with E-state index in [1.165, 1.54) is 16.9 Å². The Labute approximate surface area is 191 Å². The fourth-order valence-electron chi connectivity index (χ4n) is 4.49. The maximum Gasteiger partial charge on any atom is 0.317 e. The van der Waals surface area contributed by atoms with Crippen LogP contribution in [0.15, 0.2) is 30.6 Å². The van der Waals surface area contributed by atoms with Crippen molar-refractivity contribution in [2.24, 2.45) is 5.92 Å². The molecule has 0 saturated carbocycles. The smallest absolute Gasteiger partial charge is 0.317 e. The Morgan fingerprint density at radius 2 is 1.82 bits per heavy atom. The van der Waals surface area contributed by atoms with Crippen molar-refractivity contribution in [3.8, 4) is 5.69 Å². The van der Waals surface area contributed by atoms with Gasteiger partial charge in [-0.2, -0.15) is 5.10 Å². The number of rotatable bonds is 4. The van der Waals surface area contributed by atoms with Crippen LogP contribution in [0.4, 0.5) is 13.6 Å². The quantitative estimate of drug-likeness (QED) is 0.760. The van der Waals surface area contributed by atoms with Gasteiger partial charge in [-0.25, -0.2) is 18.3 Å². The highest BCUT2D eigenvalue weighted by Gasteiger charge is 2.33. The highest BCUT2D eigenvalue weighted by molar-refractivity contribution is 5.80. The van der Waals surface area contributed by atoms with E-state index in [0.717, 1.165) is 12.1 Å². The SMILES string of the molecule is CC1CN(C(=O)C2CCN(C(=O)NCc3cnn(-c4ccc(F)cc4F)c3)CC2)CC(C)O1. The third-order valence-electron chi connectivity index (χ3n) is 6.10. The summed E-state index contributed by atoms with van der Waals surface area (Å²) in [5, 5.41) is 6.93. The number of benzene rings is 1. The number of carbonyl (C=O) groups excluding carboxylic acids is 2. The summed E-state index contributed by atoms with van der Waals surface area (Å²) in [7, 11) is 0. The van der Waals surface area contributed by atoms with Crippen LogP contribution in [-0.2, 0) is 16.1 Å². The number of morpholine rings is 1. The van der Waals surface area contributed by atoms with Crippen LogP contribution in [0.5, 0.6) is 0 Å². The molecule has 3 amide bonds. The van der Waals surface area contributed by atoms with E-state index < -0.39 is 11.6 Å². The molecule has 2 aliphatic heterocycles. The van der Waals surface area contributed by atoms with Crippen LogP contribution >= 0.6 is 0 Å². The third kappa shape index (κ3) is 5.50. The number of hydrogen-bond acceptors (Lipinski definition) is 4. The molecule has 2 atom stereocenters. The largest absolute Gasteiger partial charge is 0.372 e. The van der Waals surface area contributed by atoms with Gasteiger partial charge in [0.1, 0.15) is 11.5 Å². The predicted octanol–water partition coefficient (Wildman–Crippen LogP) is 2.71. The highest BCUT2D eigenvalue weighted by atomic mass is 19.1. The van der Waals surface area contributed by atoms with Crippen molar-refractivity contribution in [1.29, 1.82) is 0 Å². The van der Waals surface area contributed by atoms with Crippen LogP contribution in [0, 0.1) is 17.6 Å². The molecule has 2 saturated heterocycles. The number of amides is 3. The Morgan fingerprint density at radius 1 is 1.12 bits per heavy atom. The average Bonchev–Trinajstić information content (AvgIpc) is 3.25. The zero-order valence-corrected chi connectivity index (χ0v) is 18.8. The number of halogens is 2. The molecule has 1 aromatic carbocycles. The van der Waals surface area contributed by atoms with Crippen molar-refractivity contribution in [3.63, 3.8) is 0 Å². The van der Waals surface area contributed by atoms with E-state index in [4.69, 9.17) is 4.74 Å². The summed E-state index contributed by atoms with van der Waals surface area (Å²) >= 11 is 0. The highest BCUT2D eigenvalue weighted by Crippen LogP contribution is 2.22. The molecule has 10 heteroatoms.